The molecule has 1 saturated heterocycles. The zero-order valence-corrected chi connectivity index (χ0v) is 18.1. The van der Waals surface area contributed by atoms with Crippen molar-refractivity contribution in [3.05, 3.63) is 59.7 Å². The van der Waals surface area contributed by atoms with Gasteiger partial charge in [-0.1, -0.05) is 30.3 Å². The van der Waals surface area contributed by atoms with E-state index in [4.69, 9.17) is 9.47 Å². The first kappa shape index (κ1) is 22.1. The van der Waals surface area contributed by atoms with Crippen LogP contribution in [0.15, 0.2) is 48.5 Å². The number of benzene rings is 2. The lowest BCUT2D eigenvalue weighted by Gasteiger charge is -2.56. The van der Waals surface area contributed by atoms with Crippen molar-refractivity contribution in [3.63, 3.8) is 0 Å². The smallest absolute Gasteiger partial charge is 0.255 e. The van der Waals surface area contributed by atoms with Gasteiger partial charge < -0.3 is 25.0 Å². The molecule has 3 rings (SSSR count). The highest BCUT2D eigenvalue weighted by molar-refractivity contribution is 5.99. The second kappa shape index (κ2) is 9.07. The molecule has 0 aliphatic carbocycles. The summed E-state index contributed by atoms with van der Waals surface area (Å²) in [6.45, 7) is 3.24. The second-order valence-electron chi connectivity index (χ2n) is 7.42. The maximum Gasteiger partial charge on any atom is 0.255 e. The highest BCUT2D eigenvalue weighted by Gasteiger charge is 2.62. The number of hydrogen-bond donors (Lipinski definition) is 2. The van der Waals surface area contributed by atoms with Crippen LogP contribution in [0, 0.1) is 0 Å². The molecule has 31 heavy (non-hydrogen) atoms. The van der Waals surface area contributed by atoms with Gasteiger partial charge in [-0.05, 0) is 17.7 Å². The van der Waals surface area contributed by atoms with E-state index < -0.39 is 11.6 Å². The van der Waals surface area contributed by atoms with Gasteiger partial charge in [-0.25, -0.2) is 0 Å². The van der Waals surface area contributed by atoms with Crippen LogP contribution in [-0.4, -0.2) is 49.4 Å². The summed E-state index contributed by atoms with van der Waals surface area (Å²) >= 11 is 0. The third kappa shape index (κ3) is 4.19. The average molecular weight is 425 g/mol. The van der Waals surface area contributed by atoms with Gasteiger partial charge in [0.05, 0.1) is 20.3 Å². The molecule has 8 nitrogen and oxygen atoms in total. The summed E-state index contributed by atoms with van der Waals surface area (Å²) in [4.78, 5) is 38.9. The summed E-state index contributed by atoms with van der Waals surface area (Å²) in [5.41, 5.74) is 0.201. The van der Waals surface area contributed by atoms with Crippen molar-refractivity contribution in [3.8, 4) is 11.5 Å². The Hall–Kier alpha value is -3.55. The van der Waals surface area contributed by atoms with Gasteiger partial charge in [-0.15, -0.1) is 0 Å². The van der Waals surface area contributed by atoms with Crippen molar-refractivity contribution in [2.24, 2.45) is 0 Å². The van der Waals surface area contributed by atoms with Crippen LogP contribution >= 0.6 is 0 Å². The van der Waals surface area contributed by atoms with Crippen molar-refractivity contribution in [2.75, 3.05) is 20.8 Å². The molecule has 0 spiro atoms. The van der Waals surface area contributed by atoms with Gasteiger partial charge in [0, 0.05) is 38.6 Å². The minimum absolute atomic E-state index is 0.189. The van der Waals surface area contributed by atoms with Crippen LogP contribution in [-0.2, 0) is 26.5 Å². The fourth-order valence-corrected chi connectivity index (χ4v) is 4.03. The number of nitrogens with zero attached hydrogens (tertiary/aromatic N) is 1. The van der Waals surface area contributed by atoms with E-state index in [2.05, 4.69) is 10.6 Å². The molecule has 1 aliphatic heterocycles. The Morgan fingerprint density at radius 1 is 1.03 bits per heavy atom. The number of amides is 3. The molecule has 0 aromatic heterocycles. The normalized spacial score (nSPS) is 19.9. The van der Waals surface area contributed by atoms with E-state index in [9.17, 15) is 14.4 Å². The number of hydrogen-bond acceptors (Lipinski definition) is 5. The highest BCUT2D eigenvalue weighted by Crippen LogP contribution is 2.42. The third-order valence-corrected chi connectivity index (χ3v) is 5.46. The second-order valence-corrected chi connectivity index (χ2v) is 7.42. The van der Waals surface area contributed by atoms with Crippen LogP contribution < -0.4 is 20.1 Å². The Bertz CT molecular complexity index is 978. The van der Waals surface area contributed by atoms with E-state index in [0.29, 0.717) is 17.1 Å². The van der Waals surface area contributed by atoms with Gasteiger partial charge in [0.1, 0.15) is 11.5 Å². The topological polar surface area (TPSA) is 97.0 Å². The quantitative estimate of drug-likeness (QED) is 0.626. The zero-order chi connectivity index (χ0) is 22.6. The molecule has 2 unspecified atom stereocenters. The fourth-order valence-electron chi connectivity index (χ4n) is 4.03. The molecular weight excluding hydrogens is 398 g/mol. The molecule has 164 valence electrons. The van der Waals surface area contributed by atoms with Gasteiger partial charge in [-0.3, -0.25) is 14.4 Å². The highest BCUT2D eigenvalue weighted by atomic mass is 16.5. The largest absolute Gasteiger partial charge is 0.497 e. The van der Waals surface area contributed by atoms with E-state index in [-0.39, 0.29) is 30.8 Å². The minimum Gasteiger partial charge on any atom is -0.497 e. The van der Waals surface area contributed by atoms with Crippen LogP contribution in [0.1, 0.15) is 25.0 Å². The van der Waals surface area contributed by atoms with E-state index in [1.165, 1.54) is 13.8 Å². The molecular formula is C23H27N3O5. The van der Waals surface area contributed by atoms with Crippen LogP contribution in [0.3, 0.4) is 0 Å². The molecule has 2 N–H and O–H groups in total. The number of methoxy groups -OCH3 is 2. The Kier molecular flexibility index (Phi) is 6.48. The summed E-state index contributed by atoms with van der Waals surface area (Å²) in [5.74, 6) is 0.435. The molecule has 8 heteroatoms. The molecule has 2 atom stereocenters. The predicted octanol–water partition coefficient (Wildman–Crippen LogP) is 1.58. The lowest BCUT2D eigenvalue weighted by Crippen LogP contribution is -2.79. The number of ether oxygens (including phenoxy) is 2. The number of nitrogens with one attached hydrogen (secondary N) is 2. The molecule has 2 aromatic rings. The molecule has 1 aliphatic rings. The average Bonchev–Trinajstić information content (AvgIpc) is 2.77. The molecule has 0 bridgehead atoms. The lowest BCUT2D eigenvalue weighted by atomic mass is 9.72. The maximum atomic E-state index is 13.5. The van der Waals surface area contributed by atoms with Crippen molar-refractivity contribution in [1.82, 2.24) is 15.5 Å². The van der Waals surface area contributed by atoms with Gasteiger partial charge in [0.15, 0.2) is 5.54 Å². The molecule has 1 heterocycles. The van der Waals surface area contributed by atoms with E-state index in [1.807, 2.05) is 24.3 Å². The van der Waals surface area contributed by atoms with Crippen molar-refractivity contribution in [2.45, 2.75) is 32.0 Å². The molecule has 1 fully saturated rings. The Morgan fingerprint density at radius 3 is 2.32 bits per heavy atom. The summed E-state index contributed by atoms with van der Waals surface area (Å²) in [5, 5.41) is 5.66. The summed E-state index contributed by atoms with van der Waals surface area (Å²) < 4.78 is 10.7. The first-order valence-corrected chi connectivity index (χ1v) is 9.94. The van der Waals surface area contributed by atoms with Gasteiger partial charge in [0.25, 0.3) is 5.91 Å². The minimum atomic E-state index is -1.25. The zero-order valence-electron chi connectivity index (χ0n) is 18.1. The molecule has 0 radical (unpaired) electrons. The maximum absolute atomic E-state index is 13.5. The Balaban J connectivity index is 2.00. The van der Waals surface area contributed by atoms with Crippen LogP contribution in [0.25, 0.3) is 0 Å². The van der Waals surface area contributed by atoms with Crippen LogP contribution in [0.2, 0.25) is 0 Å². The number of carbonyl (C=O) groups excluding carboxylic acids is 3. The van der Waals surface area contributed by atoms with E-state index in [1.54, 1.807) is 43.4 Å². The monoisotopic (exact) mass is 425 g/mol. The van der Waals surface area contributed by atoms with Gasteiger partial charge in [-0.2, -0.15) is 0 Å². The van der Waals surface area contributed by atoms with E-state index in [0.717, 1.165) is 5.56 Å². The summed E-state index contributed by atoms with van der Waals surface area (Å²) in [7, 11) is 3.12. The van der Waals surface area contributed by atoms with Crippen molar-refractivity contribution >= 4 is 17.7 Å². The van der Waals surface area contributed by atoms with Crippen molar-refractivity contribution < 1.29 is 23.9 Å². The first-order valence-electron chi connectivity index (χ1n) is 9.94. The van der Waals surface area contributed by atoms with Crippen LogP contribution in [0.4, 0.5) is 0 Å². The van der Waals surface area contributed by atoms with Crippen molar-refractivity contribution in [1.29, 1.82) is 0 Å². The van der Waals surface area contributed by atoms with Gasteiger partial charge >= 0.3 is 0 Å². The van der Waals surface area contributed by atoms with Gasteiger partial charge in [0.2, 0.25) is 11.8 Å². The number of rotatable bonds is 8. The summed E-state index contributed by atoms with van der Waals surface area (Å²) in [6.07, 6.45) is 0. The number of likely N-dealkylation sites (tertiary alicyclic amines) is 1. The van der Waals surface area contributed by atoms with Crippen LogP contribution in [0.5, 0.6) is 11.5 Å². The number of β-lactam (4-membered cyclic amide) rings is 1. The molecule has 2 aromatic carbocycles. The van der Waals surface area contributed by atoms with E-state index >= 15 is 0 Å². The molecule has 3 amide bonds. The fraction of sp³-hybridized carbons (Fsp3) is 0.348. The lowest BCUT2D eigenvalue weighted by molar-refractivity contribution is -0.168. The Morgan fingerprint density at radius 2 is 1.74 bits per heavy atom. The SMILES string of the molecule is COc1ccc(CN2C(=O)C(NC(C)=O)(c3ccccc3)C2CNC(C)=O)c(OC)c1. The Labute approximate surface area is 181 Å². The number of carbonyl (C=O) groups is 3. The third-order valence-electron chi connectivity index (χ3n) is 5.46. The first-order chi connectivity index (χ1) is 14.8. The summed E-state index contributed by atoms with van der Waals surface area (Å²) in [6, 6.07) is 14.0. The predicted molar refractivity (Wildman–Crippen MR) is 115 cm³/mol. The molecule has 0 saturated carbocycles. The standard InChI is InChI=1S/C23H27N3O5/c1-15(27)24-13-21-23(25-16(2)28,18-8-6-5-7-9-18)22(29)26(21)14-17-10-11-19(30-3)12-20(17)31-4/h5-12,21H,13-14H2,1-4H3,(H,24,27)(H,25,28).